The molecule has 0 bridgehead atoms. The number of benzene rings is 1. The number of carboxylic acid groups (broad SMARTS) is 2. The van der Waals surface area contributed by atoms with Crippen LogP contribution in [0.25, 0.3) is 10.9 Å². The van der Waals surface area contributed by atoms with E-state index in [-0.39, 0.29) is 0 Å². The average Bonchev–Trinajstić information content (AvgIpc) is 2.87. The summed E-state index contributed by atoms with van der Waals surface area (Å²) in [5.41, 5.74) is 1.33. The molecule has 2 aromatic rings. The first kappa shape index (κ1) is 17.5. The average molecular weight is 304 g/mol. The molecular formula is C16H20N2O4. The fourth-order valence-corrected chi connectivity index (χ4v) is 1.79. The lowest BCUT2D eigenvalue weighted by Gasteiger charge is -2.10. The topological polar surface area (TPSA) is 82.8 Å². The monoisotopic (exact) mass is 304 g/mol. The van der Waals surface area contributed by atoms with Gasteiger partial charge in [0.15, 0.2) is 0 Å². The number of aromatic nitrogens is 1. The number of nitrogens with zero attached hydrogens (tertiary/aromatic N) is 2. The van der Waals surface area contributed by atoms with Crippen LogP contribution in [0.5, 0.6) is 0 Å². The van der Waals surface area contributed by atoms with Crippen molar-refractivity contribution in [3.8, 4) is 0 Å². The van der Waals surface area contributed by atoms with E-state index in [2.05, 4.69) is 60.1 Å². The summed E-state index contributed by atoms with van der Waals surface area (Å²) in [5, 5.41) is 16.9. The molecule has 22 heavy (non-hydrogen) atoms. The number of carbonyl (C=O) groups is 2. The molecule has 2 rings (SSSR count). The first-order valence-corrected chi connectivity index (χ1v) is 6.72. The van der Waals surface area contributed by atoms with Crippen molar-refractivity contribution in [2.24, 2.45) is 0 Å². The molecule has 0 amide bonds. The molecule has 6 nitrogen and oxygen atoms in total. The molecule has 118 valence electrons. The fraction of sp³-hybridized carbons (Fsp3) is 0.250. The van der Waals surface area contributed by atoms with Crippen LogP contribution < -0.4 is 0 Å². The van der Waals surface area contributed by atoms with E-state index in [1.54, 1.807) is 0 Å². The smallest absolute Gasteiger partial charge is 0.328 e. The van der Waals surface area contributed by atoms with Crippen LogP contribution in [0.3, 0.4) is 0 Å². The second-order valence-electron chi connectivity index (χ2n) is 4.88. The van der Waals surface area contributed by atoms with E-state index in [1.165, 1.54) is 10.9 Å². The van der Waals surface area contributed by atoms with Crippen molar-refractivity contribution in [2.75, 3.05) is 20.6 Å². The molecule has 0 spiro atoms. The highest BCUT2D eigenvalue weighted by molar-refractivity contribution is 5.89. The van der Waals surface area contributed by atoms with Gasteiger partial charge in [-0.2, -0.15) is 0 Å². The second kappa shape index (κ2) is 8.63. The Morgan fingerprint density at radius 1 is 1.09 bits per heavy atom. The predicted octanol–water partition coefficient (Wildman–Crippen LogP) is 1.91. The van der Waals surface area contributed by atoms with E-state index in [4.69, 9.17) is 10.2 Å². The minimum atomic E-state index is -1.26. The summed E-state index contributed by atoms with van der Waals surface area (Å²) in [6.45, 7) is 2.14. The van der Waals surface area contributed by atoms with Gasteiger partial charge in [0.05, 0.1) is 0 Å². The molecule has 0 radical (unpaired) electrons. The van der Waals surface area contributed by atoms with Crippen molar-refractivity contribution < 1.29 is 19.8 Å². The van der Waals surface area contributed by atoms with Crippen LogP contribution in [0.4, 0.5) is 0 Å². The van der Waals surface area contributed by atoms with Crippen LogP contribution >= 0.6 is 0 Å². The molecule has 1 aromatic carbocycles. The standard InChI is InChI=1S/C12H16N2.C4H4O4/c1-13(2)9-10-14-8-7-11-5-3-4-6-12(11)14;5-3(6)1-2-4(7)8/h3-8H,9-10H2,1-2H3;1-2H,(H,5,6)(H,7,8)/b;2-1+. The van der Waals surface area contributed by atoms with E-state index in [9.17, 15) is 9.59 Å². The molecule has 1 aromatic heterocycles. The third-order valence-corrected chi connectivity index (χ3v) is 2.84. The fourth-order valence-electron chi connectivity index (χ4n) is 1.79. The summed E-state index contributed by atoms with van der Waals surface area (Å²) in [6.07, 6.45) is 3.28. The van der Waals surface area contributed by atoms with Crippen LogP contribution in [-0.2, 0) is 16.1 Å². The number of hydrogen-bond donors (Lipinski definition) is 2. The molecule has 0 atom stereocenters. The van der Waals surface area contributed by atoms with Crippen LogP contribution in [0.2, 0.25) is 0 Å². The van der Waals surface area contributed by atoms with Crippen LogP contribution in [-0.4, -0.2) is 52.3 Å². The maximum atomic E-state index is 9.55. The molecule has 2 N–H and O–H groups in total. The maximum Gasteiger partial charge on any atom is 0.328 e. The number of rotatable bonds is 5. The van der Waals surface area contributed by atoms with E-state index in [0.29, 0.717) is 12.2 Å². The number of aliphatic carboxylic acids is 2. The first-order valence-electron chi connectivity index (χ1n) is 6.72. The predicted molar refractivity (Wildman–Crippen MR) is 84.9 cm³/mol. The highest BCUT2D eigenvalue weighted by Gasteiger charge is 1.99. The van der Waals surface area contributed by atoms with Crippen molar-refractivity contribution in [2.45, 2.75) is 6.54 Å². The van der Waals surface area contributed by atoms with E-state index in [0.717, 1.165) is 13.1 Å². The maximum absolute atomic E-state index is 9.55. The van der Waals surface area contributed by atoms with Crippen molar-refractivity contribution in [3.63, 3.8) is 0 Å². The Bertz CT molecular complexity index is 643. The summed E-state index contributed by atoms with van der Waals surface area (Å²) in [4.78, 5) is 21.3. The zero-order valence-electron chi connectivity index (χ0n) is 12.6. The molecule has 0 saturated carbocycles. The van der Waals surface area contributed by atoms with E-state index < -0.39 is 11.9 Å². The first-order chi connectivity index (χ1) is 10.4. The Hall–Kier alpha value is -2.60. The Labute approximate surface area is 128 Å². The third kappa shape index (κ3) is 6.23. The normalized spacial score (nSPS) is 10.7. The quantitative estimate of drug-likeness (QED) is 0.825. The molecule has 0 saturated heterocycles. The van der Waals surface area contributed by atoms with Crippen LogP contribution in [0.1, 0.15) is 0 Å². The van der Waals surface area contributed by atoms with Crippen LogP contribution in [0, 0.1) is 0 Å². The van der Waals surface area contributed by atoms with Gasteiger partial charge in [-0.1, -0.05) is 18.2 Å². The van der Waals surface area contributed by atoms with Crippen molar-refractivity contribution >= 4 is 22.8 Å². The number of para-hydroxylation sites is 1. The summed E-state index contributed by atoms with van der Waals surface area (Å²) in [7, 11) is 4.21. The molecule has 0 aliphatic rings. The molecule has 1 heterocycles. The summed E-state index contributed by atoms with van der Waals surface area (Å²) < 4.78 is 2.30. The van der Waals surface area contributed by atoms with Gasteiger partial charge in [-0.15, -0.1) is 0 Å². The lowest BCUT2D eigenvalue weighted by molar-refractivity contribution is -0.134. The molecule has 0 fully saturated rings. The largest absolute Gasteiger partial charge is 0.478 e. The van der Waals surface area contributed by atoms with Gasteiger partial charge in [0, 0.05) is 37.0 Å². The summed E-state index contributed by atoms with van der Waals surface area (Å²) >= 11 is 0. The highest BCUT2D eigenvalue weighted by atomic mass is 16.4. The van der Waals surface area contributed by atoms with E-state index in [1.807, 2.05) is 0 Å². The minimum absolute atomic E-state index is 0.558. The van der Waals surface area contributed by atoms with Gasteiger partial charge in [-0.05, 0) is 31.6 Å². The van der Waals surface area contributed by atoms with Crippen molar-refractivity contribution in [1.82, 2.24) is 9.47 Å². The lowest BCUT2D eigenvalue weighted by Crippen LogP contribution is -2.17. The van der Waals surface area contributed by atoms with E-state index >= 15 is 0 Å². The molecule has 0 aliphatic carbocycles. The Morgan fingerprint density at radius 3 is 2.23 bits per heavy atom. The summed E-state index contributed by atoms with van der Waals surface area (Å²) in [5.74, 6) is -2.51. The van der Waals surface area contributed by atoms with Gasteiger partial charge in [-0.25, -0.2) is 9.59 Å². The zero-order valence-corrected chi connectivity index (χ0v) is 12.6. The molecular weight excluding hydrogens is 284 g/mol. The van der Waals surface area contributed by atoms with Crippen molar-refractivity contribution in [3.05, 3.63) is 48.7 Å². The Morgan fingerprint density at radius 2 is 1.68 bits per heavy atom. The number of hydrogen-bond acceptors (Lipinski definition) is 3. The Kier molecular flexibility index (Phi) is 6.85. The number of carboxylic acids is 2. The van der Waals surface area contributed by atoms with Gasteiger partial charge in [-0.3, -0.25) is 0 Å². The number of fused-ring (bicyclic) bond motifs is 1. The van der Waals surface area contributed by atoms with Gasteiger partial charge in [0.2, 0.25) is 0 Å². The van der Waals surface area contributed by atoms with Crippen LogP contribution in [0.15, 0.2) is 48.7 Å². The van der Waals surface area contributed by atoms with Gasteiger partial charge >= 0.3 is 11.9 Å². The van der Waals surface area contributed by atoms with Gasteiger partial charge < -0.3 is 19.7 Å². The second-order valence-corrected chi connectivity index (χ2v) is 4.88. The van der Waals surface area contributed by atoms with Gasteiger partial charge in [0.25, 0.3) is 0 Å². The number of likely N-dealkylation sites (N-methyl/N-ethyl adjacent to an activating group) is 1. The SMILES string of the molecule is CN(C)CCn1ccc2ccccc21.O=C(O)/C=C/C(=O)O. The lowest BCUT2D eigenvalue weighted by atomic mass is 10.2. The zero-order chi connectivity index (χ0) is 16.5. The molecule has 0 aliphatic heterocycles. The third-order valence-electron chi connectivity index (χ3n) is 2.84. The summed E-state index contributed by atoms with van der Waals surface area (Å²) in [6, 6.07) is 10.7. The van der Waals surface area contributed by atoms with Crippen molar-refractivity contribution in [1.29, 1.82) is 0 Å². The minimum Gasteiger partial charge on any atom is -0.478 e. The highest BCUT2D eigenvalue weighted by Crippen LogP contribution is 2.14. The molecule has 6 heteroatoms. The molecule has 0 unspecified atom stereocenters. The van der Waals surface area contributed by atoms with Gasteiger partial charge in [0.1, 0.15) is 0 Å². The Balaban J connectivity index is 0.000000261.